The van der Waals surface area contributed by atoms with Crippen LogP contribution in [0.2, 0.25) is 0 Å². The van der Waals surface area contributed by atoms with Crippen LogP contribution in [-0.4, -0.2) is 30.7 Å². The number of hydrogen-bond acceptors (Lipinski definition) is 4. The fourth-order valence-electron chi connectivity index (χ4n) is 4.59. The second-order valence-electron chi connectivity index (χ2n) is 8.97. The second kappa shape index (κ2) is 11.8. The van der Waals surface area contributed by atoms with Gasteiger partial charge in [0.25, 0.3) is 0 Å². The molecule has 2 N–H and O–H groups in total. The van der Waals surface area contributed by atoms with Gasteiger partial charge >= 0.3 is 0 Å². The van der Waals surface area contributed by atoms with E-state index in [9.17, 15) is 0 Å². The average Bonchev–Trinajstić information content (AvgIpc) is 3.41. The number of para-hydroxylation sites is 1. The molecule has 5 nitrogen and oxygen atoms in total. The Morgan fingerprint density at radius 1 is 0.842 bits per heavy atom. The maximum atomic E-state index is 6.01. The Balaban J connectivity index is 1.34. The molecule has 0 aliphatic carbocycles. The van der Waals surface area contributed by atoms with Crippen molar-refractivity contribution in [2.75, 3.05) is 20.8 Å². The number of hydrogen-bond donors (Lipinski definition) is 2. The topological polar surface area (TPSA) is 55.5 Å². The van der Waals surface area contributed by atoms with Gasteiger partial charge in [0.15, 0.2) is 11.5 Å². The Kier molecular flexibility index (Phi) is 7.90. The van der Waals surface area contributed by atoms with Crippen molar-refractivity contribution >= 4 is 28.1 Å². The zero-order valence-corrected chi connectivity index (χ0v) is 22.3. The van der Waals surface area contributed by atoms with E-state index < -0.39 is 0 Å². The minimum absolute atomic E-state index is 0.0744. The molecule has 192 valence electrons. The fraction of sp³-hybridized carbons (Fsp3) is 0.156. The first-order valence-electron chi connectivity index (χ1n) is 12.5. The summed E-state index contributed by atoms with van der Waals surface area (Å²) in [4.78, 5) is 4.06. The van der Waals surface area contributed by atoms with Crippen LogP contribution in [0.15, 0.2) is 103 Å². The summed E-state index contributed by atoms with van der Waals surface area (Å²) in [5.74, 6) is 2.23. The molecule has 0 amide bonds. The van der Waals surface area contributed by atoms with Gasteiger partial charge in [0.05, 0.1) is 14.2 Å². The summed E-state index contributed by atoms with van der Waals surface area (Å²) in [6, 6.07) is 32.4. The van der Waals surface area contributed by atoms with Crippen LogP contribution in [0.5, 0.6) is 17.2 Å². The molecule has 0 saturated heterocycles. The smallest absolute Gasteiger partial charge is 0.161 e. The second-order valence-corrected chi connectivity index (χ2v) is 9.37. The molecule has 0 radical (unpaired) electrons. The predicted molar refractivity (Wildman–Crippen MR) is 157 cm³/mol. The molecular weight excluding hydrogens is 492 g/mol. The third-order valence-corrected chi connectivity index (χ3v) is 7.02. The number of nitrogens with one attached hydrogen (secondary N) is 2. The highest BCUT2D eigenvalue weighted by molar-refractivity contribution is 7.80. The third-order valence-electron chi connectivity index (χ3n) is 6.64. The number of aromatic amines is 1. The van der Waals surface area contributed by atoms with Crippen molar-refractivity contribution in [3.8, 4) is 17.2 Å². The van der Waals surface area contributed by atoms with Gasteiger partial charge in [-0.25, -0.2) is 0 Å². The molecule has 6 heteroatoms. The maximum absolute atomic E-state index is 6.01. The van der Waals surface area contributed by atoms with Gasteiger partial charge in [0.1, 0.15) is 17.3 Å². The Morgan fingerprint density at radius 3 is 2.37 bits per heavy atom. The first-order valence-corrected chi connectivity index (χ1v) is 12.9. The lowest BCUT2D eigenvalue weighted by Gasteiger charge is -2.20. The SMILES string of the molecule is COc1ccc([C@@H](CNC(=S)c2ccc(OCc3ccccc3)c(OC)c2)c2c[nH]c3ccccc23)cc1. The van der Waals surface area contributed by atoms with Crippen LogP contribution in [0.4, 0.5) is 0 Å². The van der Waals surface area contributed by atoms with Crippen molar-refractivity contribution in [2.45, 2.75) is 12.5 Å². The van der Waals surface area contributed by atoms with E-state index in [0.29, 0.717) is 29.6 Å². The molecule has 0 bridgehead atoms. The van der Waals surface area contributed by atoms with Crippen LogP contribution >= 0.6 is 12.2 Å². The maximum Gasteiger partial charge on any atom is 0.161 e. The largest absolute Gasteiger partial charge is 0.497 e. The lowest BCUT2D eigenvalue weighted by Crippen LogP contribution is -2.28. The van der Waals surface area contributed by atoms with Crippen LogP contribution < -0.4 is 19.5 Å². The van der Waals surface area contributed by atoms with E-state index >= 15 is 0 Å². The monoisotopic (exact) mass is 522 g/mol. The molecule has 0 unspecified atom stereocenters. The van der Waals surface area contributed by atoms with Crippen LogP contribution in [0.3, 0.4) is 0 Å². The van der Waals surface area contributed by atoms with Gasteiger partial charge in [-0.15, -0.1) is 0 Å². The fourth-order valence-corrected chi connectivity index (χ4v) is 4.80. The molecular formula is C32H30N2O3S. The number of ether oxygens (including phenoxy) is 3. The predicted octanol–water partition coefficient (Wildman–Crippen LogP) is 6.86. The van der Waals surface area contributed by atoms with Crippen LogP contribution in [0.1, 0.15) is 28.2 Å². The molecule has 1 heterocycles. The minimum atomic E-state index is 0.0744. The number of benzene rings is 4. The van der Waals surface area contributed by atoms with Gasteiger partial charge in [0, 0.05) is 35.1 Å². The van der Waals surface area contributed by atoms with E-state index in [-0.39, 0.29) is 5.92 Å². The first-order chi connectivity index (χ1) is 18.7. The molecule has 0 spiro atoms. The van der Waals surface area contributed by atoms with Crippen LogP contribution in [0, 0.1) is 0 Å². The van der Waals surface area contributed by atoms with Crippen molar-refractivity contribution in [2.24, 2.45) is 0 Å². The molecule has 0 aliphatic rings. The van der Waals surface area contributed by atoms with Gasteiger partial charge in [-0.05, 0) is 53.1 Å². The third kappa shape index (κ3) is 5.66. The first kappa shape index (κ1) is 25.4. The lowest BCUT2D eigenvalue weighted by atomic mass is 9.90. The molecule has 0 aliphatic heterocycles. The van der Waals surface area contributed by atoms with E-state index in [4.69, 9.17) is 26.4 Å². The standard InChI is InChI=1S/C32H30N2O3S/c1-35-25-15-12-23(13-16-25)27(28-20-33-29-11-7-6-10-26(28)29)19-34-32(38)24-14-17-30(31(18-24)36-2)37-21-22-8-4-3-5-9-22/h3-18,20,27,33H,19,21H2,1-2H3,(H,34,38)/t27-/m1/s1. The lowest BCUT2D eigenvalue weighted by molar-refractivity contribution is 0.284. The molecule has 1 aromatic heterocycles. The molecule has 0 fully saturated rings. The van der Waals surface area contributed by atoms with Crippen LogP contribution in [0.25, 0.3) is 10.9 Å². The Bertz CT molecular complexity index is 1510. The van der Waals surface area contributed by atoms with E-state index in [1.807, 2.05) is 66.7 Å². The highest BCUT2D eigenvalue weighted by Crippen LogP contribution is 2.32. The molecule has 38 heavy (non-hydrogen) atoms. The van der Waals surface area contributed by atoms with E-state index in [0.717, 1.165) is 22.4 Å². The van der Waals surface area contributed by atoms with Gasteiger partial charge in [0.2, 0.25) is 0 Å². The van der Waals surface area contributed by atoms with Crippen molar-refractivity contribution in [1.29, 1.82) is 0 Å². The van der Waals surface area contributed by atoms with Gasteiger partial charge in [-0.1, -0.05) is 72.9 Å². The van der Waals surface area contributed by atoms with E-state index in [1.165, 1.54) is 16.5 Å². The number of fused-ring (bicyclic) bond motifs is 1. The number of aromatic nitrogens is 1. The quantitative estimate of drug-likeness (QED) is 0.196. The highest BCUT2D eigenvalue weighted by Gasteiger charge is 2.19. The number of methoxy groups -OCH3 is 2. The number of rotatable bonds is 10. The van der Waals surface area contributed by atoms with Gasteiger partial charge < -0.3 is 24.5 Å². The van der Waals surface area contributed by atoms with Crippen molar-refractivity contribution in [3.63, 3.8) is 0 Å². The normalized spacial score (nSPS) is 11.6. The summed E-state index contributed by atoms with van der Waals surface area (Å²) in [6.45, 7) is 1.09. The molecule has 5 rings (SSSR count). The Labute approximate surface area is 228 Å². The highest BCUT2D eigenvalue weighted by atomic mass is 32.1. The van der Waals surface area contributed by atoms with Gasteiger partial charge in [-0.2, -0.15) is 0 Å². The van der Waals surface area contributed by atoms with Crippen molar-refractivity contribution in [3.05, 3.63) is 126 Å². The summed E-state index contributed by atoms with van der Waals surface area (Å²) in [5.41, 5.74) is 5.46. The summed E-state index contributed by atoms with van der Waals surface area (Å²) >= 11 is 5.81. The zero-order chi connectivity index (χ0) is 26.3. The summed E-state index contributed by atoms with van der Waals surface area (Å²) in [5, 5.41) is 4.69. The van der Waals surface area contributed by atoms with E-state index in [2.05, 4.69) is 46.8 Å². The zero-order valence-electron chi connectivity index (χ0n) is 21.4. The summed E-state index contributed by atoms with van der Waals surface area (Å²) < 4.78 is 17.0. The Morgan fingerprint density at radius 2 is 1.61 bits per heavy atom. The van der Waals surface area contributed by atoms with Crippen molar-refractivity contribution < 1.29 is 14.2 Å². The molecule has 5 aromatic rings. The number of thiocarbonyl (C=S) groups is 1. The minimum Gasteiger partial charge on any atom is -0.497 e. The molecule has 4 aromatic carbocycles. The van der Waals surface area contributed by atoms with Crippen molar-refractivity contribution in [1.82, 2.24) is 10.3 Å². The summed E-state index contributed by atoms with van der Waals surface area (Å²) in [7, 11) is 3.32. The number of H-pyrrole nitrogens is 1. The average molecular weight is 523 g/mol. The van der Waals surface area contributed by atoms with Gasteiger partial charge in [-0.3, -0.25) is 0 Å². The summed E-state index contributed by atoms with van der Waals surface area (Å²) in [6.07, 6.45) is 2.09. The van der Waals surface area contributed by atoms with E-state index in [1.54, 1.807) is 14.2 Å². The molecule has 1 atom stereocenters. The van der Waals surface area contributed by atoms with Crippen LogP contribution in [-0.2, 0) is 6.61 Å². The Hall–Kier alpha value is -4.29. The molecule has 0 saturated carbocycles.